The van der Waals surface area contributed by atoms with E-state index < -0.39 is 9.84 Å². The third kappa shape index (κ3) is 2.12. The van der Waals surface area contributed by atoms with Crippen LogP contribution >= 0.6 is 15.9 Å². The van der Waals surface area contributed by atoms with Crippen LogP contribution in [0.25, 0.3) is 0 Å². The number of halogens is 1. The van der Waals surface area contributed by atoms with Crippen molar-refractivity contribution in [3.05, 3.63) is 22.4 Å². The maximum atomic E-state index is 11.2. The Labute approximate surface area is 90.8 Å². The lowest BCUT2D eigenvalue weighted by molar-refractivity contribution is 0.601. The van der Waals surface area contributed by atoms with E-state index in [0.717, 1.165) is 10.2 Å². The highest BCUT2D eigenvalue weighted by atomic mass is 79.9. The lowest BCUT2D eigenvalue weighted by Crippen LogP contribution is -2.05. The first-order chi connectivity index (χ1) is 6.57. The molecule has 1 saturated heterocycles. The zero-order valence-electron chi connectivity index (χ0n) is 7.35. The molecule has 0 aromatic carbocycles. The highest BCUT2D eigenvalue weighted by molar-refractivity contribution is 9.10. The summed E-state index contributed by atoms with van der Waals surface area (Å²) in [5.41, 5.74) is 0.764. The Morgan fingerprint density at radius 2 is 2.29 bits per heavy atom. The van der Waals surface area contributed by atoms with Crippen LogP contribution in [-0.2, 0) is 9.84 Å². The Kier molecular flexibility index (Phi) is 2.57. The molecule has 14 heavy (non-hydrogen) atoms. The van der Waals surface area contributed by atoms with Gasteiger partial charge in [-0.05, 0) is 28.4 Å². The van der Waals surface area contributed by atoms with E-state index in [1.54, 1.807) is 6.20 Å². The zero-order valence-corrected chi connectivity index (χ0v) is 9.75. The molecule has 2 heterocycles. The summed E-state index contributed by atoms with van der Waals surface area (Å²) in [6.07, 6.45) is 2.25. The molecule has 4 nitrogen and oxygen atoms in total. The van der Waals surface area contributed by atoms with Gasteiger partial charge in [0.2, 0.25) is 0 Å². The molecule has 1 fully saturated rings. The first kappa shape index (κ1) is 10.0. The molecule has 0 radical (unpaired) electrons. The van der Waals surface area contributed by atoms with E-state index in [-0.39, 0.29) is 17.4 Å². The number of hydrogen-bond acceptors (Lipinski definition) is 4. The van der Waals surface area contributed by atoms with Crippen molar-refractivity contribution < 1.29 is 8.42 Å². The van der Waals surface area contributed by atoms with E-state index in [1.807, 2.05) is 6.07 Å². The molecule has 0 aliphatic carbocycles. The molecule has 1 unspecified atom stereocenters. The molecule has 1 aliphatic heterocycles. The predicted molar refractivity (Wildman–Crippen MR) is 55.7 cm³/mol. The van der Waals surface area contributed by atoms with Crippen molar-refractivity contribution in [1.82, 2.24) is 10.2 Å². The van der Waals surface area contributed by atoms with Crippen molar-refractivity contribution >= 4 is 25.8 Å². The van der Waals surface area contributed by atoms with E-state index in [4.69, 9.17) is 0 Å². The standard InChI is InChI=1S/C8H9BrN2O2S/c9-7-3-8(11-10-4-7)6-1-2-14(12,13)5-6/h3-4,6H,1-2,5H2. The molecule has 1 aromatic heterocycles. The minimum Gasteiger partial charge on any atom is -0.229 e. The fourth-order valence-corrected chi connectivity index (χ4v) is 3.67. The summed E-state index contributed by atoms with van der Waals surface area (Å²) in [6, 6.07) is 1.83. The van der Waals surface area contributed by atoms with Crippen molar-refractivity contribution in [2.75, 3.05) is 11.5 Å². The summed E-state index contributed by atoms with van der Waals surface area (Å²) in [5.74, 6) is 0.495. The Morgan fingerprint density at radius 1 is 1.50 bits per heavy atom. The molecule has 1 aromatic rings. The van der Waals surface area contributed by atoms with Crippen molar-refractivity contribution in [3.8, 4) is 0 Å². The molecule has 1 atom stereocenters. The average molecular weight is 277 g/mol. The van der Waals surface area contributed by atoms with Crippen LogP contribution in [0.5, 0.6) is 0 Å². The van der Waals surface area contributed by atoms with Gasteiger partial charge in [-0.15, -0.1) is 0 Å². The molecular weight excluding hydrogens is 268 g/mol. The first-order valence-corrected chi connectivity index (χ1v) is 6.87. The Morgan fingerprint density at radius 3 is 2.86 bits per heavy atom. The van der Waals surface area contributed by atoms with Gasteiger partial charge in [0.05, 0.1) is 23.4 Å². The number of aromatic nitrogens is 2. The minimum atomic E-state index is -2.84. The van der Waals surface area contributed by atoms with Gasteiger partial charge in [0.25, 0.3) is 0 Å². The third-order valence-corrected chi connectivity index (χ3v) is 4.49. The van der Waals surface area contributed by atoms with Crippen molar-refractivity contribution in [1.29, 1.82) is 0 Å². The highest BCUT2D eigenvalue weighted by Crippen LogP contribution is 2.28. The predicted octanol–water partition coefficient (Wildman–Crippen LogP) is 1.14. The molecule has 0 amide bonds. The maximum Gasteiger partial charge on any atom is 0.151 e. The van der Waals surface area contributed by atoms with Gasteiger partial charge in [-0.2, -0.15) is 10.2 Å². The summed E-state index contributed by atoms with van der Waals surface area (Å²) in [7, 11) is -2.84. The number of nitrogens with zero attached hydrogens (tertiary/aromatic N) is 2. The van der Waals surface area contributed by atoms with Gasteiger partial charge >= 0.3 is 0 Å². The smallest absolute Gasteiger partial charge is 0.151 e. The lowest BCUT2D eigenvalue weighted by atomic mass is 10.1. The zero-order chi connectivity index (χ0) is 10.2. The summed E-state index contributed by atoms with van der Waals surface area (Å²) in [5, 5.41) is 7.73. The molecule has 2 rings (SSSR count). The van der Waals surface area contributed by atoms with E-state index in [1.165, 1.54) is 0 Å². The summed E-state index contributed by atoms with van der Waals surface area (Å²) >= 11 is 3.29. The Balaban J connectivity index is 2.26. The SMILES string of the molecule is O=S1(=O)CCC(c2cc(Br)cnn2)C1. The first-order valence-electron chi connectivity index (χ1n) is 4.25. The van der Waals surface area contributed by atoms with Gasteiger partial charge in [0, 0.05) is 10.4 Å². The minimum absolute atomic E-state index is 0.0185. The molecular formula is C8H9BrN2O2S. The molecule has 0 saturated carbocycles. The molecule has 0 spiro atoms. The van der Waals surface area contributed by atoms with Crippen LogP contribution in [0.3, 0.4) is 0 Å². The van der Waals surface area contributed by atoms with E-state index in [9.17, 15) is 8.42 Å². The van der Waals surface area contributed by atoms with Crippen LogP contribution < -0.4 is 0 Å². The van der Waals surface area contributed by atoms with Gasteiger partial charge in [0.15, 0.2) is 9.84 Å². The van der Waals surface area contributed by atoms with Gasteiger partial charge < -0.3 is 0 Å². The van der Waals surface area contributed by atoms with Crippen molar-refractivity contribution in [2.45, 2.75) is 12.3 Å². The van der Waals surface area contributed by atoms with E-state index in [2.05, 4.69) is 26.1 Å². The van der Waals surface area contributed by atoms with Crippen molar-refractivity contribution in [3.63, 3.8) is 0 Å². The quantitative estimate of drug-likeness (QED) is 0.772. The molecule has 76 valence electrons. The maximum absolute atomic E-state index is 11.2. The fourth-order valence-electron chi connectivity index (χ4n) is 1.59. The monoisotopic (exact) mass is 276 g/mol. The largest absolute Gasteiger partial charge is 0.229 e. The van der Waals surface area contributed by atoms with Gasteiger partial charge in [-0.1, -0.05) is 0 Å². The van der Waals surface area contributed by atoms with Crippen molar-refractivity contribution in [2.24, 2.45) is 0 Å². The van der Waals surface area contributed by atoms with Crippen LogP contribution in [0.15, 0.2) is 16.7 Å². The second-order valence-electron chi connectivity index (χ2n) is 3.40. The van der Waals surface area contributed by atoms with Gasteiger partial charge in [-0.3, -0.25) is 0 Å². The molecule has 0 bridgehead atoms. The van der Waals surface area contributed by atoms with E-state index in [0.29, 0.717) is 6.42 Å². The van der Waals surface area contributed by atoms with Gasteiger partial charge in [-0.25, -0.2) is 8.42 Å². The molecule has 0 N–H and O–H groups in total. The number of rotatable bonds is 1. The summed E-state index contributed by atoms with van der Waals surface area (Å²) < 4.78 is 23.3. The summed E-state index contributed by atoms with van der Waals surface area (Å²) in [4.78, 5) is 0. The van der Waals surface area contributed by atoms with Gasteiger partial charge in [0.1, 0.15) is 0 Å². The van der Waals surface area contributed by atoms with Crippen LogP contribution in [0.1, 0.15) is 18.0 Å². The second-order valence-corrected chi connectivity index (χ2v) is 6.54. The molecule has 1 aliphatic rings. The third-order valence-electron chi connectivity index (χ3n) is 2.29. The van der Waals surface area contributed by atoms with E-state index >= 15 is 0 Å². The fraction of sp³-hybridized carbons (Fsp3) is 0.500. The lowest BCUT2D eigenvalue weighted by Gasteiger charge is -2.04. The second kappa shape index (κ2) is 3.58. The summed E-state index contributed by atoms with van der Waals surface area (Å²) in [6.45, 7) is 0. The van der Waals surface area contributed by atoms with Crippen LogP contribution in [-0.4, -0.2) is 30.1 Å². The number of hydrogen-bond donors (Lipinski definition) is 0. The molecule has 6 heteroatoms. The Hall–Kier alpha value is -0.490. The van der Waals surface area contributed by atoms with Crippen LogP contribution in [0.2, 0.25) is 0 Å². The Bertz CT molecular complexity index is 446. The normalized spacial score (nSPS) is 25.1. The van der Waals surface area contributed by atoms with Crippen LogP contribution in [0.4, 0.5) is 0 Å². The average Bonchev–Trinajstić information content (AvgIpc) is 2.46. The topological polar surface area (TPSA) is 59.9 Å². The number of sulfone groups is 1. The van der Waals surface area contributed by atoms with Crippen LogP contribution in [0, 0.1) is 0 Å². The highest BCUT2D eigenvalue weighted by Gasteiger charge is 2.30.